The van der Waals surface area contributed by atoms with E-state index in [1.165, 1.54) is 12.1 Å². The van der Waals surface area contributed by atoms with E-state index >= 15 is 0 Å². The molecule has 0 saturated carbocycles. The SMILES string of the molecule is O=C(O)CCCC=C[C@@H]1C[C@@H](NS(=O)(=O)c2ccc(Cl)cc2)CN1CCc1cccnc1. The van der Waals surface area contributed by atoms with Gasteiger partial charge in [-0.3, -0.25) is 14.7 Å². The number of aromatic nitrogens is 1. The Bertz CT molecular complexity index is 1010. The number of carboxylic acid groups (broad SMARTS) is 1. The maximum absolute atomic E-state index is 12.8. The summed E-state index contributed by atoms with van der Waals surface area (Å²) >= 11 is 5.88. The summed E-state index contributed by atoms with van der Waals surface area (Å²) in [7, 11) is -3.65. The number of likely N-dealkylation sites (tertiary alicyclic amines) is 1. The average Bonchev–Trinajstić information content (AvgIpc) is 3.13. The van der Waals surface area contributed by atoms with Crippen molar-refractivity contribution in [1.82, 2.24) is 14.6 Å². The summed E-state index contributed by atoms with van der Waals surface area (Å²) < 4.78 is 28.4. The van der Waals surface area contributed by atoms with Crippen molar-refractivity contribution >= 4 is 27.6 Å². The molecule has 0 bridgehead atoms. The van der Waals surface area contributed by atoms with Gasteiger partial charge in [0, 0.05) is 49.0 Å². The molecular formula is C23H28ClN3O4S. The lowest BCUT2D eigenvalue weighted by Crippen LogP contribution is -2.37. The zero-order valence-electron chi connectivity index (χ0n) is 17.7. The van der Waals surface area contributed by atoms with Gasteiger partial charge >= 0.3 is 5.97 Å². The highest BCUT2D eigenvalue weighted by Gasteiger charge is 2.33. The Labute approximate surface area is 194 Å². The molecule has 2 aromatic rings. The molecule has 3 rings (SSSR count). The summed E-state index contributed by atoms with van der Waals surface area (Å²) in [5.41, 5.74) is 1.13. The molecule has 1 aliphatic heterocycles. The van der Waals surface area contributed by atoms with E-state index in [4.69, 9.17) is 16.7 Å². The minimum absolute atomic E-state index is 0.0782. The molecule has 1 aromatic heterocycles. The highest BCUT2D eigenvalue weighted by Crippen LogP contribution is 2.22. The second-order valence-electron chi connectivity index (χ2n) is 7.90. The molecule has 1 aliphatic rings. The maximum atomic E-state index is 12.8. The van der Waals surface area contributed by atoms with Crippen LogP contribution in [0.15, 0.2) is 65.8 Å². The van der Waals surface area contributed by atoms with Crippen molar-refractivity contribution in [3.8, 4) is 0 Å². The van der Waals surface area contributed by atoms with Crippen LogP contribution in [0.4, 0.5) is 0 Å². The standard InChI is InChI=1S/C23H28ClN3O4S/c24-19-8-10-22(11-9-19)32(30,31)26-20-15-21(6-2-1-3-7-23(28)29)27(17-20)14-12-18-5-4-13-25-16-18/h2,4-6,8-11,13,16,20-21,26H,1,3,7,12,14-15,17H2,(H,28,29)/t20-,21-/m1/s1. The predicted molar refractivity (Wildman–Crippen MR) is 124 cm³/mol. The zero-order chi connectivity index (χ0) is 23.0. The maximum Gasteiger partial charge on any atom is 0.303 e. The van der Waals surface area contributed by atoms with Gasteiger partial charge in [-0.1, -0.05) is 29.8 Å². The van der Waals surface area contributed by atoms with Crippen LogP contribution in [0.3, 0.4) is 0 Å². The molecule has 1 saturated heterocycles. The quantitative estimate of drug-likeness (QED) is 0.379. The topological polar surface area (TPSA) is 99.6 Å². The molecule has 0 amide bonds. The normalized spacial score (nSPS) is 19.5. The van der Waals surface area contributed by atoms with Gasteiger partial charge in [-0.25, -0.2) is 13.1 Å². The number of carboxylic acids is 1. The number of unbranched alkanes of at least 4 members (excludes halogenated alkanes) is 1. The van der Waals surface area contributed by atoms with Crippen LogP contribution in [0.1, 0.15) is 31.2 Å². The van der Waals surface area contributed by atoms with Gasteiger partial charge in [0.2, 0.25) is 10.0 Å². The Morgan fingerprint density at radius 3 is 2.75 bits per heavy atom. The smallest absolute Gasteiger partial charge is 0.303 e. The number of nitrogens with zero attached hydrogens (tertiary/aromatic N) is 2. The Morgan fingerprint density at radius 2 is 2.06 bits per heavy atom. The number of rotatable bonds is 11. The number of allylic oxidation sites excluding steroid dienone is 1. The Morgan fingerprint density at radius 1 is 1.28 bits per heavy atom. The van der Waals surface area contributed by atoms with Crippen LogP contribution in [0.2, 0.25) is 5.02 Å². The first-order chi connectivity index (χ1) is 15.3. The van der Waals surface area contributed by atoms with Crippen molar-refractivity contribution < 1.29 is 18.3 Å². The number of pyridine rings is 1. The fraction of sp³-hybridized carbons (Fsp3) is 0.391. The first kappa shape index (κ1) is 24.4. The van der Waals surface area contributed by atoms with Crippen LogP contribution in [0.5, 0.6) is 0 Å². The largest absolute Gasteiger partial charge is 0.481 e. The van der Waals surface area contributed by atoms with E-state index in [1.54, 1.807) is 18.3 Å². The summed E-state index contributed by atoms with van der Waals surface area (Å²) in [4.78, 5) is 17.3. The van der Waals surface area contributed by atoms with Gasteiger partial charge in [-0.2, -0.15) is 0 Å². The molecule has 9 heteroatoms. The van der Waals surface area contributed by atoms with E-state index in [2.05, 4.69) is 20.7 Å². The van der Waals surface area contributed by atoms with E-state index in [0.717, 1.165) is 18.5 Å². The van der Waals surface area contributed by atoms with Gasteiger partial charge in [-0.05, 0) is 61.6 Å². The van der Waals surface area contributed by atoms with Gasteiger partial charge in [0.25, 0.3) is 0 Å². The molecule has 0 radical (unpaired) electrons. The number of sulfonamides is 1. The lowest BCUT2D eigenvalue weighted by atomic mass is 10.1. The summed E-state index contributed by atoms with van der Waals surface area (Å²) in [6, 6.07) is 9.91. The Hall–Kier alpha value is -2.26. The van der Waals surface area contributed by atoms with Gasteiger partial charge in [-0.15, -0.1) is 0 Å². The summed E-state index contributed by atoms with van der Waals surface area (Å²) in [5, 5.41) is 9.27. The molecule has 0 unspecified atom stereocenters. The average molecular weight is 478 g/mol. The molecule has 2 heterocycles. The van der Waals surface area contributed by atoms with Crippen LogP contribution < -0.4 is 4.72 Å². The van der Waals surface area contributed by atoms with Crippen molar-refractivity contribution in [2.24, 2.45) is 0 Å². The van der Waals surface area contributed by atoms with E-state index < -0.39 is 16.0 Å². The third kappa shape index (κ3) is 7.41. The van der Waals surface area contributed by atoms with Crippen molar-refractivity contribution in [1.29, 1.82) is 0 Å². The molecule has 1 fully saturated rings. The summed E-state index contributed by atoms with van der Waals surface area (Å²) in [5.74, 6) is -0.797. The summed E-state index contributed by atoms with van der Waals surface area (Å²) in [6.45, 7) is 1.37. The first-order valence-corrected chi connectivity index (χ1v) is 12.5. The number of aliphatic carboxylic acids is 1. The molecule has 0 aliphatic carbocycles. The highest BCUT2D eigenvalue weighted by molar-refractivity contribution is 7.89. The Kier molecular flexibility index (Phi) is 8.81. The van der Waals surface area contributed by atoms with E-state index in [1.807, 2.05) is 24.4 Å². The number of halogens is 1. The molecule has 172 valence electrons. The molecular weight excluding hydrogens is 450 g/mol. The monoisotopic (exact) mass is 477 g/mol. The second kappa shape index (κ2) is 11.6. The van der Waals surface area contributed by atoms with Crippen molar-refractivity contribution in [2.75, 3.05) is 13.1 Å². The van der Waals surface area contributed by atoms with Crippen LogP contribution in [0, 0.1) is 0 Å². The molecule has 2 N–H and O–H groups in total. The number of nitrogens with one attached hydrogen (secondary N) is 1. The molecule has 7 nitrogen and oxygen atoms in total. The fourth-order valence-electron chi connectivity index (χ4n) is 3.82. The third-order valence-corrected chi connectivity index (χ3v) is 7.21. The predicted octanol–water partition coefficient (Wildman–Crippen LogP) is 3.51. The first-order valence-electron chi connectivity index (χ1n) is 10.6. The molecule has 2 atom stereocenters. The van der Waals surface area contributed by atoms with Crippen LogP contribution in [-0.4, -0.2) is 54.6 Å². The lowest BCUT2D eigenvalue weighted by molar-refractivity contribution is -0.137. The van der Waals surface area contributed by atoms with Crippen molar-refractivity contribution in [3.05, 3.63) is 71.5 Å². The second-order valence-corrected chi connectivity index (χ2v) is 10.0. The number of hydrogen-bond donors (Lipinski definition) is 2. The minimum Gasteiger partial charge on any atom is -0.481 e. The van der Waals surface area contributed by atoms with Crippen LogP contribution in [0.25, 0.3) is 0 Å². The minimum atomic E-state index is -3.65. The zero-order valence-corrected chi connectivity index (χ0v) is 19.3. The van der Waals surface area contributed by atoms with Crippen molar-refractivity contribution in [2.45, 2.75) is 49.1 Å². The lowest BCUT2D eigenvalue weighted by Gasteiger charge is -2.21. The summed E-state index contributed by atoms with van der Waals surface area (Å²) in [6.07, 6.45) is 10.5. The van der Waals surface area contributed by atoms with E-state index in [9.17, 15) is 13.2 Å². The number of carbonyl (C=O) groups is 1. The van der Waals surface area contributed by atoms with Crippen LogP contribution >= 0.6 is 11.6 Å². The van der Waals surface area contributed by atoms with Crippen LogP contribution in [-0.2, 0) is 21.2 Å². The van der Waals surface area contributed by atoms with Gasteiger partial charge < -0.3 is 5.11 Å². The molecule has 0 spiro atoms. The number of hydrogen-bond acceptors (Lipinski definition) is 5. The van der Waals surface area contributed by atoms with Gasteiger partial charge in [0.05, 0.1) is 4.90 Å². The van der Waals surface area contributed by atoms with E-state index in [-0.39, 0.29) is 23.4 Å². The van der Waals surface area contributed by atoms with Crippen molar-refractivity contribution in [3.63, 3.8) is 0 Å². The number of benzene rings is 1. The highest BCUT2D eigenvalue weighted by atomic mass is 35.5. The van der Waals surface area contributed by atoms with E-state index in [0.29, 0.717) is 30.8 Å². The Balaban J connectivity index is 1.64. The van der Waals surface area contributed by atoms with Gasteiger partial charge in [0.1, 0.15) is 0 Å². The third-order valence-electron chi connectivity index (χ3n) is 5.43. The van der Waals surface area contributed by atoms with Gasteiger partial charge in [0.15, 0.2) is 0 Å². The fourth-order valence-corrected chi connectivity index (χ4v) is 5.19. The molecule has 32 heavy (non-hydrogen) atoms. The molecule has 1 aromatic carbocycles.